The molecule has 1 radical (unpaired) electrons. The first-order valence-corrected chi connectivity index (χ1v) is 5.19. The molecule has 1 rings (SSSR count). The van der Waals surface area contributed by atoms with Crippen LogP contribution in [0.2, 0.25) is 0 Å². The van der Waals surface area contributed by atoms with E-state index in [-0.39, 0.29) is 4.90 Å². The molecule has 1 aromatic carbocycles. The van der Waals surface area contributed by atoms with Gasteiger partial charge in [-0.3, -0.25) is 0 Å². The van der Waals surface area contributed by atoms with Crippen LogP contribution in [0.25, 0.3) is 0 Å². The molecule has 0 fully saturated rings. The number of benzene rings is 1. The van der Waals surface area contributed by atoms with Crippen molar-refractivity contribution in [2.75, 3.05) is 14.2 Å². The summed E-state index contributed by atoms with van der Waals surface area (Å²) in [6, 6.07) is 3.99. The highest BCUT2D eigenvalue weighted by Crippen LogP contribution is 2.28. The number of rotatable bonds is 3. The summed E-state index contributed by atoms with van der Waals surface area (Å²) in [7, 11) is -1.09. The minimum Gasteiger partial charge on any atom is -0.493 e. The molecule has 0 aromatic heterocycles. The van der Waals surface area contributed by atoms with Gasteiger partial charge in [0.2, 0.25) is 0 Å². The average Bonchev–Trinajstić information content (AvgIpc) is 2.15. The van der Waals surface area contributed by atoms with Gasteiger partial charge in [-0.25, -0.2) is 8.42 Å². The quantitative estimate of drug-likeness (QED) is 0.744. The van der Waals surface area contributed by atoms with Crippen molar-refractivity contribution < 1.29 is 17.9 Å². The fourth-order valence-electron chi connectivity index (χ4n) is 0.984. The lowest BCUT2D eigenvalue weighted by Crippen LogP contribution is -2.01. The monoisotopic (exact) mass is 216 g/mol. The molecule has 0 spiro atoms. The van der Waals surface area contributed by atoms with E-state index in [2.05, 4.69) is 0 Å². The summed E-state index contributed by atoms with van der Waals surface area (Å²) in [5.41, 5.74) is 0. The zero-order chi connectivity index (χ0) is 10.8. The molecule has 0 saturated carbocycles. The molecule has 77 valence electrons. The Kier molecular flexibility index (Phi) is 2.97. The first-order chi connectivity index (χ1) is 6.49. The Bertz CT molecular complexity index is 427. The molecule has 0 aliphatic heterocycles. The third kappa shape index (κ3) is 2.15. The Hall–Kier alpha value is -1.27. The molecule has 0 saturated heterocycles. The summed E-state index contributed by atoms with van der Waals surface area (Å²) in [5.74, 6) is 0.723. The maximum Gasteiger partial charge on any atom is 0.254 e. The molecule has 0 atom stereocenters. The number of ether oxygens (including phenoxy) is 2. The van der Waals surface area contributed by atoms with Gasteiger partial charge in [-0.2, -0.15) is 0 Å². The number of methoxy groups -OCH3 is 2. The van der Waals surface area contributed by atoms with Crippen molar-refractivity contribution in [3.05, 3.63) is 18.2 Å². The number of sulfonamides is 1. The van der Waals surface area contributed by atoms with Crippen molar-refractivity contribution in [3.63, 3.8) is 0 Å². The van der Waals surface area contributed by atoms with Gasteiger partial charge in [-0.05, 0) is 12.1 Å². The maximum absolute atomic E-state index is 10.9. The Balaban J connectivity index is 3.28. The van der Waals surface area contributed by atoms with Crippen molar-refractivity contribution in [2.45, 2.75) is 4.90 Å². The smallest absolute Gasteiger partial charge is 0.254 e. The van der Waals surface area contributed by atoms with Gasteiger partial charge in [-0.15, -0.1) is 5.14 Å². The molecule has 1 aromatic rings. The largest absolute Gasteiger partial charge is 0.493 e. The molecular formula is C8H10NO4S. The lowest BCUT2D eigenvalue weighted by molar-refractivity contribution is 0.354. The van der Waals surface area contributed by atoms with Crippen LogP contribution < -0.4 is 14.6 Å². The predicted molar refractivity (Wildman–Crippen MR) is 49.8 cm³/mol. The Morgan fingerprint density at radius 2 is 1.71 bits per heavy atom. The molecule has 0 aliphatic carbocycles. The molecular weight excluding hydrogens is 206 g/mol. The van der Waals surface area contributed by atoms with Gasteiger partial charge in [0.1, 0.15) is 0 Å². The maximum atomic E-state index is 10.9. The molecule has 5 nitrogen and oxygen atoms in total. The van der Waals surface area contributed by atoms with E-state index >= 15 is 0 Å². The second kappa shape index (κ2) is 3.85. The van der Waals surface area contributed by atoms with Crippen LogP contribution in [-0.4, -0.2) is 22.6 Å². The topological polar surface area (TPSA) is 76.4 Å². The average molecular weight is 216 g/mol. The third-order valence-electron chi connectivity index (χ3n) is 1.67. The Morgan fingerprint density at radius 3 is 2.14 bits per heavy atom. The Morgan fingerprint density at radius 1 is 1.14 bits per heavy atom. The lowest BCUT2D eigenvalue weighted by atomic mass is 10.3. The summed E-state index contributed by atoms with van der Waals surface area (Å²) < 4.78 is 31.6. The van der Waals surface area contributed by atoms with Crippen LogP contribution >= 0.6 is 0 Å². The van der Waals surface area contributed by atoms with Crippen LogP contribution in [0.15, 0.2) is 23.1 Å². The fourth-order valence-corrected chi connectivity index (χ4v) is 1.49. The van der Waals surface area contributed by atoms with Gasteiger partial charge in [-0.1, -0.05) is 0 Å². The predicted octanol–water partition coefficient (Wildman–Crippen LogP) is 0.675. The van der Waals surface area contributed by atoms with Gasteiger partial charge in [0.05, 0.1) is 19.1 Å². The van der Waals surface area contributed by atoms with Crippen LogP contribution in [0.5, 0.6) is 11.5 Å². The van der Waals surface area contributed by atoms with Crippen molar-refractivity contribution in [1.29, 1.82) is 0 Å². The zero-order valence-electron chi connectivity index (χ0n) is 7.77. The summed E-state index contributed by atoms with van der Waals surface area (Å²) in [6.45, 7) is 0. The normalized spacial score (nSPS) is 11.1. The highest BCUT2D eigenvalue weighted by molar-refractivity contribution is 7.88. The minimum absolute atomic E-state index is 0.116. The van der Waals surface area contributed by atoms with Crippen molar-refractivity contribution >= 4 is 10.0 Å². The summed E-state index contributed by atoms with van der Waals surface area (Å²) in [6.07, 6.45) is 0. The van der Waals surface area contributed by atoms with Gasteiger partial charge in [0, 0.05) is 6.07 Å². The molecule has 1 N–H and O–H groups in total. The van der Waals surface area contributed by atoms with E-state index in [1.165, 1.54) is 32.4 Å². The SMILES string of the molecule is COc1ccc(S([NH])(=O)=O)cc1OC. The molecule has 0 aliphatic rings. The molecule has 14 heavy (non-hydrogen) atoms. The highest BCUT2D eigenvalue weighted by atomic mass is 32.2. The van der Waals surface area contributed by atoms with E-state index in [1.54, 1.807) is 0 Å². The second-order valence-corrected chi connectivity index (χ2v) is 4.00. The van der Waals surface area contributed by atoms with Crippen LogP contribution in [0.3, 0.4) is 0 Å². The summed E-state index contributed by atoms with van der Waals surface area (Å²) in [5, 5.41) is 6.85. The minimum atomic E-state index is -3.95. The van der Waals surface area contributed by atoms with E-state index in [9.17, 15) is 8.42 Å². The van der Waals surface area contributed by atoms with Gasteiger partial charge < -0.3 is 9.47 Å². The van der Waals surface area contributed by atoms with Crippen molar-refractivity contribution in [1.82, 2.24) is 5.14 Å². The van der Waals surface area contributed by atoms with Gasteiger partial charge >= 0.3 is 0 Å². The van der Waals surface area contributed by atoms with E-state index in [0.29, 0.717) is 11.5 Å². The first-order valence-electron chi connectivity index (χ1n) is 3.70. The number of hydrogen-bond acceptors (Lipinski definition) is 4. The first kappa shape index (κ1) is 10.8. The third-order valence-corrected chi connectivity index (χ3v) is 2.54. The molecule has 0 bridgehead atoms. The lowest BCUT2D eigenvalue weighted by Gasteiger charge is -2.07. The molecule has 6 heteroatoms. The standard InChI is InChI=1S/C8H10NO4S/c1-12-7-4-3-6(14(9,10)11)5-8(7)13-2/h3-5,9H,1-2H3. The summed E-state index contributed by atoms with van der Waals surface area (Å²) >= 11 is 0. The van der Waals surface area contributed by atoms with Crippen molar-refractivity contribution in [3.8, 4) is 11.5 Å². The summed E-state index contributed by atoms with van der Waals surface area (Å²) in [4.78, 5) is -0.116. The zero-order valence-corrected chi connectivity index (χ0v) is 8.59. The van der Waals surface area contributed by atoms with Gasteiger partial charge in [0.15, 0.2) is 11.5 Å². The van der Waals surface area contributed by atoms with Crippen LogP contribution in [0.4, 0.5) is 0 Å². The fraction of sp³-hybridized carbons (Fsp3) is 0.250. The van der Waals surface area contributed by atoms with E-state index in [4.69, 9.17) is 14.6 Å². The van der Waals surface area contributed by atoms with Crippen LogP contribution in [-0.2, 0) is 10.0 Å². The van der Waals surface area contributed by atoms with Gasteiger partial charge in [0.25, 0.3) is 10.0 Å². The number of hydrogen-bond donors (Lipinski definition) is 0. The van der Waals surface area contributed by atoms with E-state index < -0.39 is 10.0 Å². The van der Waals surface area contributed by atoms with Crippen LogP contribution in [0.1, 0.15) is 0 Å². The molecule has 0 heterocycles. The van der Waals surface area contributed by atoms with Crippen molar-refractivity contribution in [2.24, 2.45) is 0 Å². The second-order valence-electron chi connectivity index (χ2n) is 2.52. The van der Waals surface area contributed by atoms with E-state index in [0.717, 1.165) is 0 Å². The molecule has 0 unspecified atom stereocenters. The highest BCUT2D eigenvalue weighted by Gasteiger charge is 2.12. The number of nitrogens with one attached hydrogen (secondary N) is 1. The Labute approximate surface area is 82.5 Å². The van der Waals surface area contributed by atoms with Crippen LogP contribution in [0, 0.1) is 0 Å². The van der Waals surface area contributed by atoms with E-state index in [1.807, 2.05) is 0 Å². The molecule has 0 amide bonds.